The molecule has 0 aliphatic carbocycles. The van der Waals surface area contributed by atoms with Crippen molar-refractivity contribution >= 4 is 40.5 Å². The van der Waals surface area contributed by atoms with Gasteiger partial charge in [-0.2, -0.15) is 0 Å². The summed E-state index contributed by atoms with van der Waals surface area (Å²) in [6.45, 7) is 0.855. The van der Waals surface area contributed by atoms with E-state index >= 15 is 0 Å². The first-order chi connectivity index (χ1) is 9.56. The SMILES string of the molecule is Fc1cccc(NCCOc2cc(Cl)c(Cl)cc2Cl)c1. The molecule has 0 spiro atoms. The number of anilines is 1. The highest BCUT2D eigenvalue weighted by atomic mass is 35.5. The summed E-state index contributed by atoms with van der Waals surface area (Å²) in [4.78, 5) is 0. The Balaban J connectivity index is 1.86. The molecule has 0 aliphatic heterocycles. The molecular formula is C14H11Cl3FNO. The summed E-state index contributed by atoms with van der Waals surface area (Å²) in [5.74, 6) is 0.172. The zero-order chi connectivity index (χ0) is 14.5. The number of hydrogen-bond acceptors (Lipinski definition) is 2. The summed E-state index contributed by atoms with van der Waals surface area (Å²) in [5.41, 5.74) is 0.689. The van der Waals surface area contributed by atoms with Crippen LogP contribution < -0.4 is 10.1 Å². The minimum Gasteiger partial charge on any atom is -0.490 e. The van der Waals surface area contributed by atoms with Gasteiger partial charge in [0, 0.05) is 18.3 Å². The normalized spacial score (nSPS) is 10.4. The Morgan fingerprint density at radius 3 is 2.50 bits per heavy atom. The van der Waals surface area contributed by atoms with E-state index in [1.165, 1.54) is 18.2 Å². The van der Waals surface area contributed by atoms with E-state index in [9.17, 15) is 4.39 Å². The lowest BCUT2D eigenvalue weighted by Gasteiger charge is -2.10. The number of benzene rings is 2. The Hall–Kier alpha value is -1.16. The maximum atomic E-state index is 13.0. The van der Waals surface area contributed by atoms with Gasteiger partial charge in [-0.3, -0.25) is 0 Å². The van der Waals surface area contributed by atoms with E-state index in [2.05, 4.69) is 5.32 Å². The van der Waals surface area contributed by atoms with Crippen molar-refractivity contribution in [2.24, 2.45) is 0 Å². The van der Waals surface area contributed by atoms with E-state index in [1.807, 2.05) is 0 Å². The van der Waals surface area contributed by atoms with E-state index < -0.39 is 0 Å². The molecule has 2 aromatic carbocycles. The Labute approximate surface area is 131 Å². The van der Waals surface area contributed by atoms with Gasteiger partial charge in [-0.05, 0) is 24.3 Å². The number of ether oxygens (including phenoxy) is 1. The predicted octanol–water partition coefficient (Wildman–Crippen LogP) is 5.28. The second-order valence-electron chi connectivity index (χ2n) is 3.98. The van der Waals surface area contributed by atoms with Gasteiger partial charge in [0.15, 0.2) is 0 Å². The van der Waals surface area contributed by atoms with Crippen molar-refractivity contribution in [3.05, 3.63) is 57.3 Å². The Morgan fingerprint density at radius 1 is 1.00 bits per heavy atom. The molecule has 0 atom stereocenters. The average Bonchev–Trinajstić information content (AvgIpc) is 2.40. The van der Waals surface area contributed by atoms with Crippen LogP contribution >= 0.6 is 34.8 Å². The molecule has 2 nitrogen and oxygen atoms in total. The zero-order valence-electron chi connectivity index (χ0n) is 10.3. The molecule has 0 aliphatic rings. The minimum absolute atomic E-state index is 0.288. The van der Waals surface area contributed by atoms with Crippen molar-refractivity contribution < 1.29 is 9.13 Å². The molecule has 0 amide bonds. The highest BCUT2D eigenvalue weighted by Gasteiger charge is 2.06. The number of rotatable bonds is 5. The van der Waals surface area contributed by atoms with Gasteiger partial charge in [-0.25, -0.2) is 4.39 Å². The third kappa shape index (κ3) is 4.17. The quantitative estimate of drug-likeness (QED) is 0.593. The fraction of sp³-hybridized carbons (Fsp3) is 0.143. The van der Waals surface area contributed by atoms with Crippen LogP contribution in [0.2, 0.25) is 15.1 Å². The lowest BCUT2D eigenvalue weighted by molar-refractivity contribution is 0.333. The number of halogens is 4. The molecule has 2 aromatic rings. The molecule has 20 heavy (non-hydrogen) atoms. The maximum absolute atomic E-state index is 13.0. The molecule has 0 radical (unpaired) electrons. The molecule has 0 aromatic heterocycles. The van der Waals surface area contributed by atoms with Crippen LogP contribution in [-0.4, -0.2) is 13.2 Å². The smallest absolute Gasteiger partial charge is 0.139 e. The van der Waals surface area contributed by atoms with E-state index in [0.29, 0.717) is 39.7 Å². The van der Waals surface area contributed by atoms with Crippen LogP contribution in [0.1, 0.15) is 0 Å². The van der Waals surface area contributed by atoms with Crippen molar-refractivity contribution in [2.45, 2.75) is 0 Å². The summed E-state index contributed by atoms with van der Waals surface area (Å²) in [6, 6.07) is 9.29. The van der Waals surface area contributed by atoms with E-state index in [0.717, 1.165) is 0 Å². The first-order valence-corrected chi connectivity index (χ1v) is 6.96. The topological polar surface area (TPSA) is 21.3 Å². The fourth-order valence-corrected chi connectivity index (χ4v) is 2.16. The first kappa shape index (κ1) is 15.2. The molecule has 0 bridgehead atoms. The zero-order valence-corrected chi connectivity index (χ0v) is 12.6. The second-order valence-corrected chi connectivity index (χ2v) is 5.20. The van der Waals surface area contributed by atoms with Crippen LogP contribution in [0.15, 0.2) is 36.4 Å². The summed E-state index contributed by atoms with van der Waals surface area (Å²) < 4.78 is 18.5. The molecular weight excluding hydrogens is 324 g/mol. The predicted molar refractivity (Wildman–Crippen MR) is 81.9 cm³/mol. The fourth-order valence-electron chi connectivity index (χ4n) is 1.57. The Kier molecular flexibility index (Phi) is 5.35. The lowest BCUT2D eigenvalue weighted by Crippen LogP contribution is -2.11. The second kappa shape index (κ2) is 7.02. The Morgan fingerprint density at radius 2 is 1.75 bits per heavy atom. The van der Waals surface area contributed by atoms with Gasteiger partial charge < -0.3 is 10.1 Å². The van der Waals surface area contributed by atoms with E-state index in [-0.39, 0.29) is 5.82 Å². The van der Waals surface area contributed by atoms with Gasteiger partial charge in [-0.15, -0.1) is 0 Å². The lowest BCUT2D eigenvalue weighted by atomic mass is 10.3. The molecule has 0 saturated carbocycles. The highest BCUT2D eigenvalue weighted by Crippen LogP contribution is 2.33. The van der Waals surface area contributed by atoms with Crippen LogP contribution in [0.3, 0.4) is 0 Å². The molecule has 2 rings (SSSR count). The van der Waals surface area contributed by atoms with E-state index in [4.69, 9.17) is 39.5 Å². The van der Waals surface area contributed by atoms with Gasteiger partial charge in [0.25, 0.3) is 0 Å². The Bertz CT molecular complexity index is 607. The first-order valence-electron chi connectivity index (χ1n) is 5.83. The maximum Gasteiger partial charge on any atom is 0.139 e. The van der Waals surface area contributed by atoms with Crippen molar-refractivity contribution in [3.63, 3.8) is 0 Å². The average molecular weight is 335 g/mol. The van der Waals surface area contributed by atoms with Gasteiger partial charge >= 0.3 is 0 Å². The standard InChI is InChI=1S/C14H11Cl3FNO/c15-11-7-13(17)14(8-12(11)16)20-5-4-19-10-3-1-2-9(18)6-10/h1-3,6-8,19H,4-5H2. The van der Waals surface area contributed by atoms with Crippen LogP contribution in [-0.2, 0) is 0 Å². The van der Waals surface area contributed by atoms with Gasteiger partial charge in [0.1, 0.15) is 18.2 Å². The molecule has 0 unspecified atom stereocenters. The molecule has 1 N–H and O–H groups in total. The highest BCUT2D eigenvalue weighted by molar-refractivity contribution is 6.43. The van der Waals surface area contributed by atoms with Crippen LogP contribution in [0, 0.1) is 5.82 Å². The van der Waals surface area contributed by atoms with Gasteiger partial charge in [0.2, 0.25) is 0 Å². The number of nitrogens with one attached hydrogen (secondary N) is 1. The van der Waals surface area contributed by atoms with Crippen molar-refractivity contribution in [1.82, 2.24) is 0 Å². The molecule has 6 heteroatoms. The van der Waals surface area contributed by atoms with Crippen LogP contribution in [0.5, 0.6) is 5.75 Å². The third-order valence-corrected chi connectivity index (χ3v) is 3.51. The summed E-state index contributed by atoms with van der Waals surface area (Å²) in [7, 11) is 0. The van der Waals surface area contributed by atoms with Crippen molar-refractivity contribution in [1.29, 1.82) is 0 Å². The van der Waals surface area contributed by atoms with Crippen LogP contribution in [0.4, 0.5) is 10.1 Å². The molecule has 106 valence electrons. The van der Waals surface area contributed by atoms with Crippen molar-refractivity contribution in [3.8, 4) is 5.75 Å². The van der Waals surface area contributed by atoms with Crippen LogP contribution in [0.25, 0.3) is 0 Å². The molecule has 0 fully saturated rings. The van der Waals surface area contributed by atoms with Gasteiger partial charge in [-0.1, -0.05) is 40.9 Å². The number of hydrogen-bond donors (Lipinski definition) is 1. The van der Waals surface area contributed by atoms with Crippen molar-refractivity contribution in [2.75, 3.05) is 18.5 Å². The van der Waals surface area contributed by atoms with E-state index in [1.54, 1.807) is 18.2 Å². The molecule has 0 heterocycles. The minimum atomic E-state index is -0.288. The summed E-state index contributed by atoms with van der Waals surface area (Å²) in [6.07, 6.45) is 0. The largest absolute Gasteiger partial charge is 0.490 e. The van der Waals surface area contributed by atoms with Gasteiger partial charge in [0.05, 0.1) is 15.1 Å². The third-order valence-electron chi connectivity index (χ3n) is 2.49. The summed E-state index contributed by atoms with van der Waals surface area (Å²) >= 11 is 17.7. The molecule has 0 saturated heterocycles. The monoisotopic (exact) mass is 333 g/mol. The summed E-state index contributed by atoms with van der Waals surface area (Å²) in [5, 5.41) is 4.18.